The fourth-order valence-corrected chi connectivity index (χ4v) is 4.68. The molecule has 2 heterocycles. The molecule has 0 aliphatic heterocycles. The molecule has 174 valence electrons. The molecule has 0 aliphatic rings. The van der Waals surface area contributed by atoms with Crippen molar-refractivity contribution < 1.29 is 9.90 Å². The number of fused-ring (bicyclic) bond motifs is 6. The van der Waals surface area contributed by atoms with Crippen LogP contribution in [-0.4, -0.2) is 20.9 Å². The fourth-order valence-electron chi connectivity index (χ4n) is 4.68. The molecule has 0 spiro atoms. The predicted octanol–water partition coefficient (Wildman–Crippen LogP) is 8.08. The number of hydrogen-bond acceptors (Lipinski definition) is 2. The number of carbonyl (C=O) groups is 1. The first kappa shape index (κ1) is 21.7. The van der Waals surface area contributed by atoms with Gasteiger partial charge in [0, 0.05) is 38.5 Å². The summed E-state index contributed by atoms with van der Waals surface area (Å²) in [5.41, 5.74) is 4.07. The minimum absolute atomic E-state index is 0.0594. The molecular weight excluding hydrogens is 444 g/mol. The van der Waals surface area contributed by atoms with Gasteiger partial charge in [-0.05, 0) is 54.1 Å². The number of benzene rings is 4. The highest BCUT2D eigenvalue weighted by Gasteiger charge is 2.08. The van der Waals surface area contributed by atoms with Crippen LogP contribution in [-0.2, 0) is 4.79 Å². The first-order valence-corrected chi connectivity index (χ1v) is 11.9. The third-order valence-corrected chi connectivity index (χ3v) is 6.67. The standard InChI is InChI=1S/C32H24N2O2/c1-20(29(35)16-14-25-18-23-12-10-21-6-2-4-8-27(21)31(23)33-25)30(36)17-15-26-19-24-13-11-22-7-3-5-9-28(22)32(24)34-26/h2-19,33-35H,1H3/b16-14+,17-15+,29-20-. The zero-order valence-electron chi connectivity index (χ0n) is 19.7. The van der Waals surface area contributed by atoms with Crippen molar-refractivity contribution in [2.75, 3.05) is 0 Å². The molecule has 0 saturated carbocycles. The van der Waals surface area contributed by atoms with Crippen LogP contribution in [0.2, 0.25) is 0 Å². The van der Waals surface area contributed by atoms with Crippen molar-refractivity contribution in [2.24, 2.45) is 0 Å². The molecule has 0 amide bonds. The van der Waals surface area contributed by atoms with Crippen molar-refractivity contribution in [3.8, 4) is 0 Å². The lowest BCUT2D eigenvalue weighted by Gasteiger charge is -1.99. The van der Waals surface area contributed by atoms with Crippen LogP contribution in [0.15, 0.2) is 108 Å². The molecule has 6 rings (SSSR count). The third kappa shape index (κ3) is 3.89. The van der Waals surface area contributed by atoms with Gasteiger partial charge in [-0.15, -0.1) is 0 Å². The second-order valence-corrected chi connectivity index (χ2v) is 8.99. The minimum Gasteiger partial charge on any atom is -0.508 e. The number of aliphatic hydroxyl groups is 1. The van der Waals surface area contributed by atoms with Gasteiger partial charge in [0.25, 0.3) is 0 Å². The van der Waals surface area contributed by atoms with E-state index in [0.29, 0.717) is 0 Å². The van der Waals surface area contributed by atoms with Gasteiger partial charge < -0.3 is 15.1 Å². The van der Waals surface area contributed by atoms with Gasteiger partial charge >= 0.3 is 0 Å². The van der Waals surface area contributed by atoms with E-state index in [9.17, 15) is 9.90 Å². The molecule has 0 fully saturated rings. The summed E-state index contributed by atoms with van der Waals surface area (Å²) in [5.74, 6) is -0.306. The first-order chi connectivity index (χ1) is 17.6. The van der Waals surface area contributed by atoms with Crippen molar-refractivity contribution in [1.82, 2.24) is 9.97 Å². The fraction of sp³-hybridized carbons (Fsp3) is 0.0312. The van der Waals surface area contributed by atoms with Crippen molar-refractivity contribution in [2.45, 2.75) is 6.92 Å². The Bertz CT molecular complexity index is 1880. The van der Waals surface area contributed by atoms with Crippen molar-refractivity contribution in [3.63, 3.8) is 0 Å². The topological polar surface area (TPSA) is 68.9 Å². The smallest absolute Gasteiger partial charge is 0.185 e. The molecule has 4 nitrogen and oxygen atoms in total. The summed E-state index contributed by atoms with van der Waals surface area (Å²) in [7, 11) is 0. The van der Waals surface area contributed by atoms with E-state index in [-0.39, 0.29) is 17.1 Å². The molecular formula is C32H24N2O2. The average Bonchev–Trinajstić information content (AvgIpc) is 3.54. The highest BCUT2D eigenvalue weighted by molar-refractivity contribution is 6.09. The van der Waals surface area contributed by atoms with E-state index in [1.165, 1.54) is 11.5 Å². The zero-order chi connectivity index (χ0) is 24.6. The lowest BCUT2D eigenvalue weighted by atomic mass is 10.1. The minimum atomic E-state index is -0.247. The van der Waals surface area contributed by atoms with Crippen LogP contribution in [0.4, 0.5) is 0 Å². The Labute approximate surface area is 207 Å². The predicted molar refractivity (Wildman–Crippen MR) is 150 cm³/mol. The van der Waals surface area contributed by atoms with Gasteiger partial charge in [-0.3, -0.25) is 4.79 Å². The highest BCUT2D eigenvalue weighted by atomic mass is 16.3. The molecule has 0 unspecified atom stereocenters. The van der Waals surface area contributed by atoms with Crippen LogP contribution in [0, 0.1) is 0 Å². The van der Waals surface area contributed by atoms with Gasteiger partial charge in [0.2, 0.25) is 0 Å². The van der Waals surface area contributed by atoms with Gasteiger partial charge in [-0.25, -0.2) is 0 Å². The van der Waals surface area contributed by atoms with E-state index in [1.807, 2.05) is 36.4 Å². The van der Waals surface area contributed by atoms with E-state index < -0.39 is 0 Å². The molecule has 4 heteroatoms. The maximum Gasteiger partial charge on any atom is 0.185 e. The Morgan fingerprint density at radius 3 is 1.69 bits per heavy atom. The largest absolute Gasteiger partial charge is 0.508 e. The molecule has 0 aliphatic carbocycles. The molecule has 0 bridgehead atoms. The van der Waals surface area contributed by atoms with Gasteiger partial charge in [-0.1, -0.05) is 72.8 Å². The number of nitrogens with one attached hydrogen (secondary N) is 2. The Balaban J connectivity index is 1.23. The molecule has 0 saturated heterocycles. The number of carbonyl (C=O) groups excluding carboxylic acids is 1. The second-order valence-electron chi connectivity index (χ2n) is 8.99. The normalized spacial score (nSPS) is 13.0. The van der Waals surface area contributed by atoms with Crippen LogP contribution in [0.25, 0.3) is 55.5 Å². The maximum absolute atomic E-state index is 12.7. The molecule has 2 aromatic heterocycles. The van der Waals surface area contributed by atoms with Crippen LogP contribution < -0.4 is 0 Å². The lowest BCUT2D eigenvalue weighted by molar-refractivity contribution is -0.111. The molecule has 0 atom stereocenters. The Hall–Kier alpha value is -4.83. The monoisotopic (exact) mass is 468 g/mol. The summed E-state index contributed by atoms with van der Waals surface area (Å²) in [4.78, 5) is 19.5. The number of aromatic nitrogens is 2. The summed E-state index contributed by atoms with van der Waals surface area (Å²) in [6, 6.07) is 28.8. The molecule has 6 aromatic rings. The first-order valence-electron chi connectivity index (χ1n) is 11.9. The number of hydrogen-bond donors (Lipinski definition) is 3. The van der Waals surface area contributed by atoms with Crippen LogP contribution in [0.3, 0.4) is 0 Å². The number of aliphatic hydroxyl groups excluding tert-OH is 1. The van der Waals surface area contributed by atoms with E-state index >= 15 is 0 Å². The quantitative estimate of drug-likeness (QED) is 0.136. The Kier molecular flexibility index (Phi) is 5.27. The van der Waals surface area contributed by atoms with Gasteiger partial charge in [-0.2, -0.15) is 0 Å². The number of ketones is 1. The Morgan fingerprint density at radius 2 is 1.14 bits per heavy atom. The molecule has 4 aromatic carbocycles. The third-order valence-electron chi connectivity index (χ3n) is 6.67. The summed E-state index contributed by atoms with van der Waals surface area (Å²) >= 11 is 0. The van der Waals surface area contributed by atoms with E-state index in [0.717, 1.165) is 49.4 Å². The van der Waals surface area contributed by atoms with Crippen molar-refractivity contribution >= 4 is 61.3 Å². The summed E-state index contributed by atoms with van der Waals surface area (Å²) in [5, 5.41) is 17.4. The van der Waals surface area contributed by atoms with Gasteiger partial charge in [0.1, 0.15) is 5.76 Å². The van der Waals surface area contributed by atoms with Gasteiger partial charge in [0.05, 0.1) is 11.0 Å². The molecule has 36 heavy (non-hydrogen) atoms. The second kappa shape index (κ2) is 8.75. The summed E-state index contributed by atoms with van der Waals surface area (Å²) in [6.07, 6.45) is 6.58. The van der Waals surface area contributed by atoms with Crippen LogP contribution in [0.5, 0.6) is 0 Å². The van der Waals surface area contributed by atoms with E-state index in [2.05, 4.69) is 58.5 Å². The molecule has 0 radical (unpaired) electrons. The number of H-pyrrole nitrogens is 2. The number of allylic oxidation sites excluding steroid dienone is 3. The lowest BCUT2D eigenvalue weighted by Crippen LogP contribution is -1.98. The summed E-state index contributed by atoms with van der Waals surface area (Å²) < 4.78 is 0. The zero-order valence-corrected chi connectivity index (χ0v) is 19.7. The summed E-state index contributed by atoms with van der Waals surface area (Å²) in [6.45, 7) is 1.63. The molecule has 3 N–H and O–H groups in total. The van der Waals surface area contributed by atoms with Crippen molar-refractivity contribution in [1.29, 1.82) is 0 Å². The average molecular weight is 469 g/mol. The number of rotatable bonds is 5. The SMILES string of the molecule is C/C(C(=O)/C=C/c1cc2ccc3ccccc3c2[nH]1)=C(O)\C=C\c1cc2ccc3ccccc3c2[nH]1. The van der Waals surface area contributed by atoms with E-state index in [1.54, 1.807) is 25.2 Å². The van der Waals surface area contributed by atoms with Gasteiger partial charge in [0.15, 0.2) is 5.78 Å². The maximum atomic E-state index is 12.7. The van der Waals surface area contributed by atoms with Crippen LogP contribution in [0.1, 0.15) is 18.3 Å². The van der Waals surface area contributed by atoms with E-state index in [4.69, 9.17) is 0 Å². The number of aromatic amines is 2. The highest BCUT2D eigenvalue weighted by Crippen LogP contribution is 2.27. The van der Waals surface area contributed by atoms with Crippen molar-refractivity contribution in [3.05, 3.63) is 120 Å². The Morgan fingerprint density at radius 1 is 0.667 bits per heavy atom. The van der Waals surface area contributed by atoms with Crippen LogP contribution >= 0.6 is 0 Å².